The molecular weight excluding hydrogens is 252 g/mol. The lowest BCUT2D eigenvalue weighted by Crippen LogP contribution is -2.38. The Labute approximate surface area is 118 Å². The van der Waals surface area contributed by atoms with Crippen molar-refractivity contribution in [1.82, 2.24) is 10.3 Å². The zero-order valence-corrected chi connectivity index (χ0v) is 12.1. The largest absolute Gasteiger partial charge is 0.397 e. The Balaban J connectivity index is 2.29. The first kappa shape index (κ1) is 14.1. The predicted octanol–water partition coefficient (Wildman–Crippen LogP) is 1.78. The second-order valence-electron chi connectivity index (χ2n) is 5.15. The average molecular weight is 272 g/mol. The molecule has 2 aromatic rings. The number of anilines is 2. The Kier molecular flexibility index (Phi) is 4.08. The summed E-state index contributed by atoms with van der Waals surface area (Å²) in [6.07, 6.45) is 1.72. The van der Waals surface area contributed by atoms with Crippen LogP contribution in [0.2, 0.25) is 0 Å². The average Bonchev–Trinajstić information content (AvgIpc) is 2.38. The first-order valence-corrected chi connectivity index (χ1v) is 6.62. The lowest BCUT2D eigenvalue weighted by atomic mass is 10.1. The number of nitrogen functional groups attached to an aromatic ring is 1. The molecule has 1 aromatic carbocycles. The highest BCUT2D eigenvalue weighted by molar-refractivity contribution is 5.99. The van der Waals surface area contributed by atoms with E-state index in [9.17, 15) is 4.79 Å². The number of pyridine rings is 1. The number of carbonyl (C=O) groups excluding carboxylic acids is 1. The van der Waals surface area contributed by atoms with Crippen LogP contribution in [0.5, 0.6) is 0 Å². The highest BCUT2D eigenvalue weighted by Crippen LogP contribution is 2.28. The Bertz CT molecular complexity index is 624. The van der Waals surface area contributed by atoms with E-state index in [1.54, 1.807) is 6.20 Å². The van der Waals surface area contributed by atoms with Gasteiger partial charge in [-0.3, -0.25) is 9.78 Å². The Morgan fingerprint density at radius 1 is 1.40 bits per heavy atom. The van der Waals surface area contributed by atoms with Gasteiger partial charge in [0.15, 0.2) is 0 Å². The number of nitrogens with one attached hydrogen (secondary N) is 1. The van der Waals surface area contributed by atoms with Crippen molar-refractivity contribution in [3.8, 4) is 0 Å². The molecule has 2 rings (SSSR count). The molecule has 5 heteroatoms. The first-order chi connectivity index (χ1) is 9.49. The molecule has 0 aliphatic rings. The lowest BCUT2D eigenvalue weighted by molar-refractivity contribution is -0.120. The molecule has 1 aromatic heterocycles. The van der Waals surface area contributed by atoms with E-state index in [0.717, 1.165) is 16.6 Å². The summed E-state index contributed by atoms with van der Waals surface area (Å²) in [6.45, 7) is 4.19. The van der Waals surface area contributed by atoms with Crippen LogP contribution in [-0.2, 0) is 4.79 Å². The molecule has 1 amide bonds. The lowest BCUT2D eigenvalue weighted by Gasteiger charge is -2.21. The van der Waals surface area contributed by atoms with Gasteiger partial charge in [-0.15, -0.1) is 0 Å². The van der Waals surface area contributed by atoms with Crippen LogP contribution >= 0.6 is 0 Å². The topological polar surface area (TPSA) is 71.2 Å². The van der Waals surface area contributed by atoms with Crippen molar-refractivity contribution in [3.63, 3.8) is 0 Å². The third kappa shape index (κ3) is 2.99. The Morgan fingerprint density at radius 2 is 2.15 bits per heavy atom. The van der Waals surface area contributed by atoms with Crippen molar-refractivity contribution in [2.24, 2.45) is 0 Å². The third-order valence-corrected chi connectivity index (χ3v) is 3.02. The number of hydrogen-bond acceptors (Lipinski definition) is 4. The molecule has 0 radical (unpaired) electrons. The fraction of sp³-hybridized carbons (Fsp3) is 0.333. The molecule has 0 fully saturated rings. The summed E-state index contributed by atoms with van der Waals surface area (Å²) in [5, 5.41) is 3.83. The number of amides is 1. The number of nitrogens with two attached hydrogens (primary N) is 1. The van der Waals surface area contributed by atoms with E-state index in [2.05, 4.69) is 10.3 Å². The summed E-state index contributed by atoms with van der Waals surface area (Å²) in [5.41, 5.74) is 8.29. The normalized spacial score (nSPS) is 10.8. The standard InChI is InChI=1S/C15H20N4O/c1-10(2)18-14(20)9-19(3)13-7-6-12(16)15-11(13)5-4-8-17-15/h4-8,10H,9,16H2,1-3H3,(H,18,20). The van der Waals surface area contributed by atoms with E-state index in [0.29, 0.717) is 12.2 Å². The van der Waals surface area contributed by atoms with Gasteiger partial charge in [0.2, 0.25) is 5.91 Å². The summed E-state index contributed by atoms with van der Waals surface area (Å²) < 4.78 is 0. The highest BCUT2D eigenvalue weighted by atomic mass is 16.2. The van der Waals surface area contributed by atoms with E-state index >= 15 is 0 Å². The molecule has 5 nitrogen and oxygen atoms in total. The van der Waals surface area contributed by atoms with E-state index in [-0.39, 0.29) is 11.9 Å². The summed E-state index contributed by atoms with van der Waals surface area (Å²) in [5.74, 6) is -0.00337. The number of hydrogen-bond donors (Lipinski definition) is 2. The molecule has 20 heavy (non-hydrogen) atoms. The molecule has 3 N–H and O–H groups in total. The molecule has 1 heterocycles. The smallest absolute Gasteiger partial charge is 0.239 e. The molecule has 0 saturated carbocycles. The molecule has 0 saturated heterocycles. The Hall–Kier alpha value is -2.30. The molecule has 0 atom stereocenters. The second kappa shape index (κ2) is 5.77. The maximum absolute atomic E-state index is 11.8. The fourth-order valence-corrected chi connectivity index (χ4v) is 2.18. The fourth-order valence-electron chi connectivity index (χ4n) is 2.18. The Morgan fingerprint density at radius 3 is 2.85 bits per heavy atom. The highest BCUT2D eigenvalue weighted by Gasteiger charge is 2.12. The van der Waals surface area contributed by atoms with Gasteiger partial charge in [-0.1, -0.05) is 0 Å². The molecule has 0 unspecified atom stereocenters. The van der Waals surface area contributed by atoms with Crippen LogP contribution in [0.1, 0.15) is 13.8 Å². The van der Waals surface area contributed by atoms with Gasteiger partial charge in [-0.05, 0) is 38.1 Å². The van der Waals surface area contributed by atoms with Crippen molar-refractivity contribution in [2.45, 2.75) is 19.9 Å². The van der Waals surface area contributed by atoms with Gasteiger partial charge in [0, 0.05) is 30.4 Å². The van der Waals surface area contributed by atoms with Crippen LogP contribution in [0.4, 0.5) is 11.4 Å². The van der Waals surface area contributed by atoms with Gasteiger partial charge in [0.1, 0.15) is 0 Å². The van der Waals surface area contributed by atoms with Gasteiger partial charge in [0.05, 0.1) is 17.7 Å². The monoisotopic (exact) mass is 272 g/mol. The van der Waals surface area contributed by atoms with Crippen LogP contribution < -0.4 is 16.0 Å². The summed E-state index contributed by atoms with van der Waals surface area (Å²) in [7, 11) is 1.89. The minimum atomic E-state index is -0.00337. The van der Waals surface area contributed by atoms with E-state index in [1.165, 1.54) is 0 Å². The first-order valence-electron chi connectivity index (χ1n) is 6.62. The van der Waals surface area contributed by atoms with Crippen molar-refractivity contribution in [1.29, 1.82) is 0 Å². The minimum Gasteiger partial charge on any atom is -0.397 e. The SMILES string of the molecule is CC(C)NC(=O)CN(C)c1ccc(N)c2ncccc12. The van der Waals surface area contributed by atoms with Crippen molar-refractivity contribution < 1.29 is 4.79 Å². The molecule has 0 aliphatic heterocycles. The number of benzene rings is 1. The number of fused-ring (bicyclic) bond motifs is 1. The summed E-state index contributed by atoms with van der Waals surface area (Å²) >= 11 is 0. The van der Waals surface area contributed by atoms with E-state index < -0.39 is 0 Å². The van der Waals surface area contributed by atoms with Crippen molar-refractivity contribution >= 4 is 28.2 Å². The zero-order valence-electron chi connectivity index (χ0n) is 12.1. The van der Waals surface area contributed by atoms with Crippen molar-refractivity contribution in [3.05, 3.63) is 30.5 Å². The van der Waals surface area contributed by atoms with Crippen LogP contribution in [0.3, 0.4) is 0 Å². The van der Waals surface area contributed by atoms with Gasteiger partial charge in [-0.25, -0.2) is 0 Å². The van der Waals surface area contributed by atoms with Crippen LogP contribution in [-0.4, -0.2) is 30.5 Å². The maximum atomic E-state index is 11.8. The number of aromatic nitrogens is 1. The number of nitrogens with zero attached hydrogens (tertiary/aromatic N) is 2. The summed E-state index contributed by atoms with van der Waals surface area (Å²) in [4.78, 5) is 18.1. The van der Waals surface area contributed by atoms with Gasteiger partial charge >= 0.3 is 0 Å². The van der Waals surface area contributed by atoms with Crippen LogP contribution in [0.25, 0.3) is 10.9 Å². The predicted molar refractivity (Wildman–Crippen MR) is 82.7 cm³/mol. The van der Waals surface area contributed by atoms with Crippen molar-refractivity contribution in [2.75, 3.05) is 24.2 Å². The third-order valence-electron chi connectivity index (χ3n) is 3.02. The molecule has 0 aliphatic carbocycles. The number of likely N-dealkylation sites (N-methyl/N-ethyl adjacent to an activating group) is 1. The molecule has 106 valence electrons. The molecule has 0 spiro atoms. The van der Waals surface area contributed by atoms with Gasteiger partial charge in [-0.2, -0.15) is 0 Å². The van der Waals surface area contributed by atoms with Crippen LogP contribution in [0.15, 0.2) is 30.5 Å². The maximum Gasteiger partial charge on any atom is 0.239 e. The van der Waals surface area contributed by atoms with Crippen LogP contribution in [0, 0.1) is 0 Å². The molecular formula is C15H20N4O. The number of rotatable bonds is 4. The summed E-state index contributed by atoms with van der Waals surface area (Å²) in [6, 6.07) is 7.71. The second-order valence-corrected chi connectivity index (χ2v) is 5.15. The van der Waals surface area contributed by atoms with E-state index in [1.807, 2.05) is 50.1 Å². The van der Waals surface area contributed by atoms with Gasteiger partial charge < -0.3 is 16.0 Å². The quantitative estimate of drug-likeness (QED) is 0.832. The van der Waals surface area contributed by atoms with Gasteiger partial charge in [0.25, 0.3) is 0 Å². The van der Waals surface area contributed by atoms with E-state index in [4.69, 9.17) is 5.73 Å². The minimum absolute atomic E-state index is 0.00337. The number of carbonyl (C=O) groups is 1. The zero-order chi connectivity index (χ0) is 14.7. The molecule has 0 bridgehead atoms.